The van der Waals surface area contributed by atoms with Gasteiger partial charge in [-0.2, -0.15) is 4.98 Å². The van der Waals surface area contributed by atoms with E-state index < -0.39 is 11.1 Å². The average Bonchev–Trinajstić information content (AvgIpc) is 3.14. The van der Waals surface area contributed by atoms with Crippen LogP contribution in [-0.2, 0) is 16.1 Å². The predicted octanol–water partition coefficient (Wildman–Crippen LogP) is 4.50. The second kappa shape index (κ2) is 11.2. The minimum Gasteiger partial charge on any atom is -0.460 e. The molecule has 7 nitrogen and oxygen atoms in total. The standard InChI is InChI=1S/C23H41N3O4/c1-22(2,3)29-20(28)14-18(13-9-12-17-10-7-6-8-11-17)21-25-19(26-30-21)15-24-23(4,5)16-27/h17-18,24,27H,6-16H2,1-5H3. The zero-order valence-corrected chi connectivity index (χ0v) is 19.5. The first-order chi connectivity index (χ1) is 14.1. The molecule has 2 rings (SSSR count). The second-order valence-electron chi connectivity index (χ2n) is 10.4. The quantitative estimate of drug-likeness (QED) is 0.506. The van der Waals surface area contributed by atoms with Crippen LogP contribution in [0.3, 0.4) is 0 Å². The summed E-state index contributed by atoms with van der Waals surface area (Å²) >= 11 is 0. The molecule has 0 bridgehead atoms. The number of aliphatic hydroxyl groups is 1. The summed E-state index contributed by atoms with van der Waals surface area (Å²) in [7, 11) is 0. The van der Waals surface area contributed by atoms with Gasteiger partial charge in [-0.15, -0.1) is 0 Å². The van der Waals surface area contributed by atoms with Crippen molar-refractivity contribution in [2.24, 2.45) is 5.92 Å². The van der Waals surface area contributed by atoms with Crippen molar-refractivity contribution in [3.63, 3.8) is 0 Å². The first kappa shape index (κ1) is 24.8. The van der Waals surface area contributed by atoms with E-state index in [9.17, 15) is 9.90 Å². The first-order valence-electron chi connectivity index (χ1n) is 11.5. The van der Waals surface area contributed by atoms with Crippen molar-refractivity contribution in [2.75, 3.05) is 6.61 Å². The van der Waals surface area contributed by atoms with Gasteiger partial charge in [-0.05, 0) is 47.0 Å². The molecule has 0 aliphatic heterocycles. The van der Waals surface area contributed by atoms with Crippen LogP contribution in [0.2, 0.25) is 0 Å². The van der Waals surface area contributed by atoms with Crippen molar-refractivity contribution < 1.29 is 19.2 Å². The summed E-state index contributed by atoms with van der Waals surface area (Å²) in [6.45, 7) is 9.86. The molecule has 1 unspecified atom stereocenters. The van der Waals surface area contributed by atoms with Crippen molar-refractivity contribution in [1.82, 2.24) is 15.5 Å². The lowest BCUT2D eigenvalue weighted by molar-refractivity contribution is -0.155. The van der Waals surface area contributed by atoms with Crippen LogP contribution in [0.5, 0.6) is 0 Å². The molecule has 1 aromatic rings. The van der Waals surface area contributed by atoms with Gasteiger partial charge in [0, 0.05) is 11.5 Å². The fraction of sp³-hybridized carbons (Fsp3) is 0.870. The molecule has 1 fully saturated rings. The van der Waals surface area contributed by atoms with E-state index in [1.165, 1.54) is 38.5 Å². The molecule has 1 aromatic heterocycles. The number of esters is 1. The van der Waals surface area contributed by atoms with E-state index in [1.54, 1.807) is 0 Å². The minimum absolute atomic E-state index is 0.0140. The van der Waals surface area contributed by atoms with Crippen LogP contribution >= 0.6 is 0 Å². The fourth-order valence-corrected chi connectivity index (χ4v) is 3.91. The van der Waals surface area contributed by atoms with Crippen LogP contribution in [0.15, 0.2) is 4.52 Å². The largest absolute Gasteiger partial charge is 0.460 e. The summed E-state index contributed by atoms with van der Waals surface area (Å²) in [5, 5.41) is 16.7. The molecule has 1 heterocycles. The van der Waals surface area contributed by atoms with Gasteiger partial charge in [-0.3, -0.25) is 4.79 Å². The highest BCUT2D eigenvalue weighted by Gasteiger charge is 2.26. The molecule has 2 N–H and O–H groups in total. The summed E-state index contributed by atoms with van der Waals surface area (Å²) in [6.07, 6.45) is 10.0. The zero-order chi connectivity index (χ0) is 22.2. The number of ether oxygens (including phenoxy) is 1. The maximum Gasteiger partial charge on any atom is 0.307 e. The molecule has 0 radical (unpaired) electrons. The molecule has 0 aromatic carbocycles. The molecular formula is C23H41N3O4. The molecule has 1 aliphatic carbocycles. The molecule has 7 heteroatoms. The van der Waals surface area contributed by atoms with Gasteiger partial charge in [0.15, 0.2) is 5.82 Å². The van der Waals surface area contributed by atoms with Gasteiger partial charge in [0.25, 0.3) is 0 Å². The van der Waals surface area contributed by atoms with Gasteiger partial charge in [-0.25, -0.2) is 0 Å². The number of aliphatic hydroxyl groups excluding tert-OH is 1. The van der Waals surface area contributed by atoms with E-state index in [4.69, 9.17) is 9.26 Å². The van der Waals surface area contributed by atoms with E-state index in [-0.39, 0.29) is 24.9 Å². The Labute approximate surface area is 181 Å². The maximum absolute atomic E-state index is 12.5. The third kappa shape index (κ3) is 9.13. The van der Waals surface area contributed by atoms with Crippen LogP contribution in [0.25, 0.3) is 0 Å². The molecule has 0 amide bonds. The van der Waals surface area contributed by atoms with Gasteiger partial charge in [-0.1, -0.05) is 50.1 Å². The average molecular weight is 424 g/mol. The van der Waals surface area contributed by atoms with Crippen LogP contribution in [0.1, 0.15) is 110 Å². The SMILES string of the molecule is CC(C)(CO)NCc1noc(C(CCCC2CCCCC2)CC(=O)OC(C)(C)C)n1. The van der Waals surface area contributed by atoms with Crippen molar-refractivity contribution in [3.05, 3.63) is 11.7 Å². The number of rotatable bonds is 11. The number of carbonyl (C=O) groups excluding carboxylic acids is 1. The Hall–Kier alpha value is -1.47. The van der Waals surface area contributed by atoms with Crippen molar-refractivity contribution >= 4 is 5.97 Å². The third-order valence-electron chi connectivity index (χ3n) is 5.68. The second-order valence-corrected chi connectivity index (χ2v) is 10.4. The number of hydrogen-bond donors (Lipinski definition) is 2. The van der Waals surface area contributed by atoms with Crippen LogP contribution in [0.4, 0.5) is 0 Å². The number of nitrogens with zero attached hydrogens (tertiary/aromatic N) is 2. The third-order valence-corrected chi connectivity index (χ3v) is 5.68. The van der Waals surface area contributed by atoms with E-state index >= 15 is 0 Å². The molecule has 1 saturated carbocycles. The summed E-state index contributed by atoms with van der Waals surface area (Å²) < 4.78 is 11.1. The van der Waals surface area contributed by atoms with E-state index in [0.717, 1.165) is 18.8 Å². The smallest absolute Gasteiger partial charge is 0.307 e. The Bertz CT molecular complexity index is 645. The lowest BCUT2D eigenvalue weighted by Crippen LogP contribution is -2.42. The topological polar surface area (TPSA) is 97.5 Å². The van der Waals surface area contributed by atoms with Gasteiger partial charge in [0.2, 0.25) is 5.89 Å². The highest BCUT2D eigenvalue weighted by atomic mass is 16.6. The lowest BCUT2D eigenvalue weighted by Gasteiger charge is -2.23. The summed E-state index contributed by atoms with van der Waals surface area (Å²) in [5.74, 6) is 1.49. The number of nitrogens with one attached hydrogen (secondary N) is 1. The van der Waals surface area contributed by atoms with E-state index in [0.29, 0.717) is 18.3 Å². The summed E-state index contributed by atoms with van der Waals surface area (Å²) in [4.78, 5) is 17.0. The maximum atomic E-state index is 12.5. The lowest BCUT2D eigenvalue weighted by atomic mass is 9.84. The summed E-state index contributed by atoms with van der Waals surface area (Å²) in [6, 6.07) is 0. The molecule has 0 spiro atoms. The fourth-order valence-electron chi connectivity index (χ4n) is 3.91. The Morgan fingerprint density at radius 3 is 2.57 bits per heavy atom. The van der Waals surface area contributed by atoms with E-state index in [1.807, 2.05) is 34.6 Å². The Morgan fingerprint density at radius 1 is 1.23 bits per heavy atom. The van der Waals surface area contributed by atoms with Crippen LogP contribution in [0, 0.1) is 5.92 Å². The van der Waals surface area contributed by atoms with Crippen LogP contribution in [-0.4, -0.2) is 39.0 Å². The molecule has 0 saturated heterocycles. The normalized spacial score (nSPS) is 17.1. The summed E-state index contributed by atoms with van der Waals surface area (Å²) in [5.41, 5.74) is -0.930. The van der Waals surface area contributed by atoms with Crippen molar-refractivity contribution in [3.8, 4) is 0 Å². The van der Waals surface area contributed by atoms with Gasteiger partial charge in [0.1, 0.15) is 5.60 Å². The van der Waals surface area contributed by atoms with Gasteiger partial charge in [0.05, 0.1) is 19.6 Å². The first-order valence-corrected chi connectivity index (χ1v) is 11.5. The number of hydrogen-bond acceptors (Lipinski definition) is 7. The van der Waals surface area contributed by atoms with Crippen LogP contribution < -0.4 is 5.32 Å². The van der Waals surface area contributed by atoms with E-state index in [2.05, 4.69) is 15.5 Å². The molecule has 1 aliphatic rings. The zero-order valence-electron chi connectivity index (χ0n) is 19.5. The highest BCUT2D eigenvalue weighted by molar-refractivity contribution is 5.70. The number of aromatic nitrogens is 2. The number of carbonyl (C=O) groups is 1. The molecular weight excluding hydrogens is 382 g/mol. The Balaban J connectivity index is 1.97. The van der Waals surface area contributed by atoms with Crippen molar-refractivity contribution in [1.29, 1.82) is 0 Å². The van der Waals surface area contributed by atoms with Gasteiger partial charge < -0.3 is 19.7 Å². The molecule has 1 atom stereocenters. The van der Waals surface area contributed by atoms with Crippen molar-refractivity contribution in [2.45, 2.75) is 116 Å². The monoisotopic (exact) mass is 423 g/mol. The minimum atomic E-state index is -0.510. The van der Waals surface area contributed by atoms with Gasteiger partial charge >= 0.3 is 5.97 Å². The molecule has 30 heavy (non-hydrogen) atoms. The Morgan fingerprint density at radius 2 is 1.93 bits per heavy atom. The highest BCUT2D eigenvalue weighted by Crippen LogP contribution is 2.31. The Kier molecular flexibility index (Phi) is 9.29. The predicted molar refractivity (Wildman–Crippen MR) is 116 cm³/mol. The molecule has 172 valence electrons.